The zero-order valence-corrected chi connectivity index (χ0v) is 11.7. The number of carbonyl (C=O) groups is 1. The molecule has 1 heterocycles. The Balaban J connectivity index is 1.74. The highest BCUT2D eigenvalue weighted by Crippen LogP contribution is 2.33. The SMILES string of the molecule is O=C(NC1CC1)N[C@@H]1CCCc2c(Br)cncc21. The fourth-order valence-corrected chi connectivity index (χ4v) is 2.99. The largest absolute Gasteiger partial charge is 0.335 e. The summed E-state index contributed by atoms with van der Waals surface area (Å²) in [6.07, 6.45) is 9.07. The Kier molecular flexibility index (Phi) is 3.24. The average molecular weight is 310 g/mol. The van der Waals surface area contributed by atoms with Crippen molar-refractivity contribution in [2.24, 2.45) is 0 Å². The van der Waals surface area contributed by atoms with Gasteiger partial charge in [-0.15, -0.1) is 0 Å². The summed E-state index contributed by atoms with van der Waals surface area (Å²) in [7, 11) is 0. The number of halogens is 1. The first-order valence-electron chi connectivity index (χ1n) is 6.43. The summed E-state index contributed by atoms with van der Waals surface area (Å²) < 4.78 is 1.05. The maximum atomic E-state index is 11.8. The van der Waals surface area contributed by atoms with Crippen LogP contribution in [0.15, 0.2) is 16.9 Å². The average Bonchev–Trinajstić information content (AvgIpc) is 3.14. The molecule has 4 nitrogen and oxygen atoms in total. The molecule has 96 valence electrons. The molecule has 2 aliphatic rings. The number of amides is 2. The molecule has 0 spiro atoms. The first kappa shape index (κ1) is 12.0. The third-order valence-corrected chi connectivity index (χ3v) is 4.23. The predicted molar refractivity (Wildman–Crippen MR) is 72.3 cm³/mol. The summed E-state index contributed by atoms with van der Waals surface area (Å²) in [5.74, 6) is 0. The van der Waals surface area contributed by atoms with Gasteiger partial charge in [-0.1, -0.05) is 0 Å². The number of aromatic nitrogens is 1. The fraction of sp³-hybridized carbons (Fsp3) is 0.538. The van der Waals surface area contributed by atoms with Gasteiger partial charge >= 0.3 is 6.03 Å². The molecule has 2 amide bonds. The smallest absolute Gasteiger partial charge is 0.315 e. The summed E-state index contributed by atoms with van der Waals surface area (Å²) in [5.41, 5.74) is 2.44. The molecule has 1 aromatic rings. The Morgan fingerprint density at radius 2 is 2.11 bits per heavy atom. The molecule has 5 heteroatoms. The van der Waals surface area contributed by atoms with E-state index in [4.69, 9.17) is 0 Å². The van der Waals surface area contributed by atoms with Gasteiger partial charge in [0.1, 0.15) is 0 Å². The van der Waals surface area contributed by atoms with Crippen LogP contribution in [0, 0.1) is 0 Å². The van der Waals surface area contributed by atoms with Crippen LogP contribution >= 0.6 is 15.9 Å². The van der Waals surface area contributed by atoms with E-state index in [0.29, 0.717) is 6.04 Å². The van der Waals surface area contributed by atoms with Gasteiger partial charge in [0.05, 0.1) is 6.04 Å². The Labute approximate surface area is 115 Å². The second-order valence-electron chi connectivity index (χ2n) is 5.03. The van der Waals surface area contributed by atoms with Crippen LogP contribution in [0.3, 0.4) is 0 Å². The van der Waals surface area contributed by atoms with Gasteiger partial charge in [0.2, 0.25) is 0 Å². The van der Waals surface area contributed by atoms with Crippen molar-refractivity contribution in [2.45, 2.75) is 44.2 Å². The van der Waals surface area contributed by atoms with Crippen LogP contribution in [0.1, 0.15) is 42.9 Å². The number of fused-ring (bicyclic) bond motifs is 1. The van der Waals surface area contributed by atoms with Crippen LogP contribution in [-0.2, 0) is 6.42 Å². The van der Waals surface area contributed by atoms with E-state index in [-0.39, 0.29) is 12.1 Å². The topological polar surface area (TPSA) is 54.0 Å². The molecule has 2 N–H and O–H groups in total. The lowest BCUT2D eigenvalue weighted by Crippen LogP contribution is -2.40. The lowest BCUT2D eigenvalue weighted by molar-refractivity contribution is 0.235. The molecule has 18 heavy (non-hydrogen) atoms. The first-order valence-corrected chi connectivity index (χ1v) is 7.22. The number of urea groups is 1. The van der Waals surface area contributed by atoms with Crippen LogP contribution in [0.2, 0.25) is 0 Å². The standard InChI is InChI=1S/C13H16BrN3O/c14-11-7-15-6-10-9(11)2-1-3-12(10)17-13(18)16-8-4-5-8/h6-8,12H,1-5H2,(H2,16,17,18)/t12-/m1/s1. The number of hydrogen-bond acceptors (Lipinski definition) is 2. The van der Waals surface area contributed by atoms with Crippen molar-refractivity contribution in [2.75, 3.05) is 0 Å². The van der Waals surface area contributed by atoms with Gasteiger partial charge < -0.3 is 10.6 Å². The molecular formula is C13H16BrN3O. The van der Waals surface area contributed by atoms with Gasteiger partial charge in [0.25, 0.3) is 0 Å². The second-order valence-corrected chi connectivity index (χ2v) is 5.88. The highest BCUT2D eigenvalue weighted by Gasteiger charge is 2.27. The molecule has 0 bridgehead atoms. The molecule has 0 radical (unpaired) electrons. The monoisotopic (exact) mass is 309 g/mol. The number of rotatable bonds is 2. The van der Waals surface area contributed by atoms with E-state index in [0.717, 1.165) is 42.1 Å². The van der Waals surface area contributed by atoms with E-state index in [1.807, 2.05) is 12.4 Å². The van der Waals surface area contributed by atoms with E-state index >= 15 is 0 Å². The molecule has 1 fully saturated rings. The minimum Gasteiger partial charge on any atom is -0.335 e. The molecule has 1 aromatic heterocycles. The molecule has 0 unspecified atom stereocenters. The molecular weight excluding hydrogens is 294 g/mol. The lowest BCUT2D eigenvalue weighted by atomic mass is 9.89. The third-order valence-electron chi connectivity index (χ3n) is 3.55. The van der Waals surface area contributed by atoms with Crippen molar-refractivity contribution in [1.29, 1.82) is 0 Å². The van der Waals surface area contributed by atoms with Gasteiger partial charge in [0, 0.05) is 22.9 Å². The van der Waals surface area contributed by atoms with Crippen LogP contribution in [0.4, 0.5) is 4.79 Å². The fourth-order valence-electron chi connectivity index (χ4n) is 2.44. The minimum atomic E-state index is -0.0460. The van der Waals surface area contributed by atoms with Gasteiger partial charge in [-0.25, -0.2) is 4.79 Å². The van der Waals surface area contributed by atoms with Crippen molar-refractivity contribution < 1.29 is 4.79 Å². The van der Waals surface area contributed by atoms with E-state index in [9.17, 15) is 4.79 Å². The second kappa shape index (κ2) is 4.88. The van der Waals surface area contributed by atoms with Crippen molar-refractivity contribution in [3.05, 3.63) is 28.0 Å². The molecule has 1 atom stereocenters. The van der Waals surface area contributed by atoms with Gasteiger partial charge in [-0.2, -0.15) is 0 Å². The van der Waals surface area contributed by atoms with Crippen molar-refractivity contribution in [3.63, 3.8) is 0 Å². The highest BCUT2D eigenvalue weighted by atomic mass is 79.9. The number of nitrogens with zero attached hydrogens (tertiary/aromatic N) is 1. The molecule has 0 saturated heterocycles. The summed E-state index contributed by atoms with van der Waals surface area (Å²) in [6.45, 7) is 0. The third kappa shape index (κ3) is 2.51. The van der Waals surface area contributed by atoms with Crippen LogP contribution in [-0.4, -0.2) is 17.1 Å². The Morgan fingerprint density at radius 1 is 1.28 bits per heavy atom. The van der Waals surface area contributed by atoms with E-state index in [1.54, 1.807) is 0 Å². The number of carbonyl (C=O) groups excluding carboxylic acids is 1. The number of hydrogen-bond donors (Lipinski definition) is 2. The van der Waals surface area contributed by atoms with Crippen LogP contribution in [0.5, 0.6) is 0 Å². The predicted octanol–water partition coefficient (Wildman–Crippen LogP) is 2.68. The number of nitrogens with one attached hydrogen (secondary N) is 2. The molecule has 1 saturated carbocycles. The Morgan fingerprint density at radius 3 is 2.89 bits per heavy atom. The molecule has 2 aliphatic carbocycles. The first-order chi connectivity index (χ1) is 8.74. The quantitative estimate of drug-likeness (QED) is 0.882. The number of pyridine rings is 1. The maximum Gasteiger partial charge on any atom is 0.315 e. The molecule has 3 rings (SSSR count). The summed E-state index contributed by atoms with van der Waals surface area (Å²) in [4.78, 5) is 16.0. The van der Waals surface area contributed by atoms with Gasteiger partial charge in [-0.3, -0.25) is 4.98 Å². The van der Waals surface area contributed by atoms with Crippen molar-refractivity contribution in [1.82, 2.24) is 15.6 Å². The maximum absolute atomic E-state index is 11.8. The molecule has 0 aliphatic heterocycles. The zero-order chi connectivity index (χ0) is 12.5. The minimum absolute atomic E-state index is 0.0460. The van der Waals surface area contributed by atoms with Gasteiger partial charge in [0.15, 0.2) is 0 Å². The lowest BCUT2D eigenvalue weighted by Gasteiger charge is -2.26. The van der Waals surface area contributed by atoms with E-state index < -0.39 is 0 Å². The van der Waals surface area contributed by atoms with E-state index in [2.05, 4.69) is 31.5 Å². The van der Waals surface area contributed by atoms with Gasteiger partial charge in [-0.05, 0) is 59.2 Å². The van der Waals surface area contributed by atoms with E-state index in [1.165, 1.54) is 5.56 Å². The summed E-state index contributed by atoms with van der Waals surface area (Å²) in [5, 5.41) is 6.03. The summed E-state index contributed by atoms with van der Waals surface area (Å²) in [6, 6.07) is 0.446. The highest BCUT2D eigenvalue weighted by molar-refractivity contribution is 9.10. The van der Waals surface area contributed by atoms with Crippen LogP contribution < -0.4 is 10.6 Å². The van der Waals surface area contributed by atoms with Crippen molar-refractivity contribution in [3.8, 4) is 0 Å². The van der Waals surface area contributed by atoms with Crippen LogP contribution in [0.25, 0.3) is 0 Å². The van der Waals surface area contributed by atoms with Crippen molar-refractivity contribution >= 4 is 22.0 Å². The Hall–Kier alpha value is -1.10. The zero-order valence-electron chi connectivity index (χ0n) is 10.1. The summed E-state index contributed by atoms with van der Waals surface area (Å²) >= 11 is 3.54. The molecule has 0 aromatic carbocycles. The Bertz CT molecular complexity index is 473. The normalized spacial score (nSPS) is 22.2.